The monoisotopic (exact) mass is 358 g/mol. The fourth-order valence-electron chi connectivity index (χ4n) is 3.13. The molecule has 128 valence electrons. The molecule has 3 N–H and O–H groups in total. The maximum absolute atomic E-state index is 12.0. The van der Waals surface area contributed by atoms with Crippen LogP contribution < -0.4 is 9.86 Å². The molecule has 1 atom stereocenters. The first-order valence-corrected chi connectivity index (χ1v) is 11.0. The van der Waals surface area contributed by atoms with Gasteiger partial charge in [-0.2, -0.15) is 0 Å². The van der Waals surface area contributed by atoms with Gasteiger partial charge < -0.3 is 0 Å². The number of hydrogen-bond donors (Lipinski definition) is 2. The Hall–Kier alpha value is -0.960. The van der Waals surface area contributed by atoms with Crippen LogP contribution >= 0.6 is 0 Å². The maximum Gasteiger partial charge on any atom is 0.238 e. The predicted octanol–water partition coefficient (Wildman–Crippen LogP) is 0.986. The minimum atomic E-state index is -3.67. The zero-order valence-electron chi connectivity index (χ0n) is 12.9. The van der Waals surface area contributed by atoms with Crippen LogP contribution in [-0.2, 0) is 26.5 Å². The molecule has 1 aromatic rings. The lowest BCUT2D eigenvalue weighted by molar-refractivity contribution is 0.571. The number of hydrogen-bond acceptors (Lipinski definition) is 4. The quantitative estimate of drug-likeness (QED) is 0.676. The summed E-state index contributed by atoms with van der Waals surface area (Å²) in [6, 6.07) is 6.35. The van der Waals surface area contributed by atoms with Crippen molar-refractivity contribution in [1.29, 1.82) is 0 Å². The normalized spacial score (nSPS) is 22.2. The van der Waals surface area contributed by atoms with E-state index in [1.807, 2.05) is 0 Å². The van der Waals surface area contributed by atoms with Gasteiger partial charge in [0.25, 0.3) is 0 Å². The Bertz CT molecular complexity index is 781. The van der Waals surface area contributed by atoms with Gasteiger partial charge in [0.1, 0.15) is 0 Å². The molecule has 1 aromatic carbocycles. The molecule has 0 saturated heterocycles. The molecule has 2 fully saturated rings. The number of primary sulfonamides is 1. The van der Waals surface area contributed by atoms with Crippen molar-refractivity contribution in [2.45, 2.75) is 37.0 Å². The molecule has 0 aromatic heterocycles. The molecule has 23 heavy (non-hydrogen) atoms. The number of nitrogens with two attached hydrogens (primary N) is 1. The Morgan fingerprint density at radius 1 is 1.13 bits per heavy atom. The van der Waals surface area contributed by atoms with E-state index >= 15 is 0 Å². The van der Waals surface area contributed by atoms with Gasteiger partial charge in [-0.05, 0) is 61.1 Å². The van der Waals surface area contributed by atoms with Gasteiger partial charge in [-0.15, -0.1) is 0 Å². The molecule has 6 nitrogen and oxygen atoms in total. The van der Waals surface area contributed by atoms with Crippen molar-refractivity contribution in [3.05, 3.63) is 29.8 Å². The summed E-state index contributed by atoms with van der Waals surface area (Å²) in [5, 5.41) is 5.04. The van der Waals surface area contributed by atoms with Crippen molar-refractivity contribution in [2.75, 3.05) is 12.3 Å². The van der Waals surface area contributed by atoms with E-state index in [-0.39, 0.29) is 10.6 Å². The Morgan fingerprint density at radius 2 is 1.78 bits per heavy atom. The van der Waals surface area contributed by atoms with Crippen LogP contribution in [0.1, 0.15) is 31.2 Å². The lowest BCUT2D eigenvalue weighted by Crippen LogP contribution is -2.28. The van der Waals surface area contributed by atoms with Crippen molar-refractivity contribution in [3.63, 3.8) is 0 Å². The summed E-state index contributed by atoms with van der Waals surface area (Å²) < 4.78 is 48.9. The van der Waals surface area contributed by atoms with Crippen molar-refractivity contribution >= 4 is 20.0 Å². The molecule has 0 bridgehead atoms. The SMILES string of the molecule is NS(=O)(=O)c1ccc(CCCNS(=O)(=O)CC2CC23CC3)cc1. The highest BCUT2D eigenvalue weighted by Gasteiger charge is 2.63. The van der Waals surface area contributed by atoms with Crippen molar-refractivity contribution in [3.8, 4) is 0 Å². The Kier molecular flexibility index (Phi) is 4.29. The van der Waals surface area contributed by atoms with Crippen LogP contribution in [0.5, 0.6) is 0 Å². The largest absolute Gasteiger partial charge is 0.238 e. The lowest BCUT2D eigenvalue weighted by atomic mass is 10.1. The number of sulfonamides is 2. The van der Waals surface area contributed by atoms with E-state index in [2.05, 4.69) is 4.72 Å². The van der Waals surface area contributed by atoms with Gasteiger partial charge in [0.15, 0.2) is 0 Å². The Morgan fingerprint density at radius 3 is 2.30 bits per heavy atom. The standard InChI is InChI=1S/C15H22N2O4S2/c16-23(20,21)14-5-3-12(4-6-14)2-1-9-17-22(18,19)11-13-10-15(13)7-8-15/h3-6,13,17H,1-2,7-11H2,(H2,16,20,21). The average Bonchev–Trinajstić information content (AvgIpc) is 3.35. The zero-order chi connectivity index (χ0) is 16.7. The van der Waals surface area contributed by atoms with E-state index in [1.165, 1.54) is 25.0 Å². The molecule has 1 spiro atoms. The molecule has 0 amide bonds. The van der Waals surface area contributed by atoms with Crippen LogP contribution in [0.3, 0.4) is 0 Å². The average molecular weight is 358 g/mol. The van der Waals surface area contributed by atoms with E-state index in [0.29, 0.717) is 30.7 Å². The zero-order valence-corrected chi connectivity index (χ0v) is 14.5. The van der Waals surface area contributed by atoms with Gasteiger partial charge in [0.2, 0.25) is 20.0 Å². The molecule has 0 radical (unpaired) electrons. The van der Waals surface area contributed by atoms with Gasteiger partial charge >= 0.3 is 0 Å². The van der Waals surface area contributed by atoms with Gasteiger partial charge in [-0.3, -0.25) is 0 Å². The third-order valence-electron chi connectivity index (χ3n) is 4.89. The van der Waals surface area contributed by atoms with Crippen LogP contribution in [0, 0.1) is 11.3 Å². The second-order valence-corrected chi connectivity index (χ2v) is 10.1. The van der Waals surface area contributed by atoms with Gasteiger partial charge in [-0.1, -0.05) is 12.1 Å². The first-order valence-electron chi connectivity index (χ1n) is 7.79. The number of nitrogens with one attached hydrogen (secondary N) is 1. The highest BCUT2D eigenvalue weighted by atomic mass is 32.2. The van der Waals surface area contributed by atoms with Crippen LogP contribution in [0.15, 0.2) is 29.2 Å². The summed E-state index contributed by atoms with van der Waals surface area (Å²) in [6.07, 6.45) is 4.82. The molecule has 0 heterocycles. The summed E-state index contributed by atoms with van der Waals surface area (Å²) in [4.78, 5) is 0.0837. The molecule has 0 aliphatic heterocycles. The minimum Gasteiger partial charge on any atom is -0.225 e. The maximum atomic E-state index is 12.0. The van der Waals surface area contributed by atoms with Crippen LogP contribution in [0.4, 0.5) is 0 Å². The van der Waals surface area contributed by atoms with Gasteiger partial charge in [0, 0.05) is 6.54 Å². The summed E-state index contributed by atoms with van der Waals surface area (Å²) in [6.45, 7) is 0.402. The van der Waals surface area contributed by atoms with E-state index in [4.69, 9.17) is 5.14 Å². The van der Waals surface area contributed by atoms with E-state index in [1.54, 1.807) is 12.1 Å². The molecule has 3 rings (SSSR count). The number of aryl methyl sites for hydroxylation is 1. The Labute approximate surface area is 137 Å². The predicted molar refractivity (Wildman–Crippen MR) is 87.7 cm³/mol. The summed E-state index contributed by atoms with van der Waals surface area (Å²) in [5.74, 6) is 0.626. The molecule has 2 aliphatic carbocycles. The smallest absolute Gasteiger partial charge is 0.225 e. The second-order valence-electron chi connectivity index (χ2n) is 6.73. The van der Waals surface area contributed by atoms with Crippen LogP contribution in [-0.4, -0.2) is 29.1 Å². The van der Waals surface area contributed by atoms with Crippen molar-refractivity contribution in [2.24, 2.45) is 16.5 Å². The molecular formula is C15H22N2O4S2. The Balaban J connectivity index is 1.41. The molecule has 2 aliphatic rings. The van der Waals surface area contributed by atoms with Gasteiger partial charge in [-0.25, -0.2) is 26.7 Å². The molecule has 8 heteroatoms. The van der Waals surface area contributed by atoms with E-state index < -0.39 is 20.0 Å². The topological polar surface area (TPSA) is 106 Å². The number of benzene rings is 1. The molecule has 2 saturated carbocycles. The lowest BCUT2D eigenvalue weighted by Gasteiger charge is -2.07. The third-order valence-corrected chi connectivity index (χ3v) is 7.30. The van der Waals surface area contributed by atoms with Crippen LogP contribution in [0.25, 0.3) is 0 Å². The highest BCUT2D eigenvalue weighted by molar-refractivity contribution is 7.89. The van der Waals surface area contributed by atoms with Gasteiger partial charge in [0.05, 0.1) is 10.6 Å². The summed E-state index contributed by atoms with van der Waals surface area (Å²) in [5.41, 5.74) is 1.36. The second kappa shape index (κ2) is 5.84. The summed E-state index contributed by atoms with van der Waals surface area (Å²) >= 11 is 0. The highest BCUT2D eigenvalue weighted by Crippen LogP contribution is 2.70. The fraction of sp³-hybridized carbons (Fsp3) is 0.600. The molecular weight excluding hydrogens is 336 g/mol. The first kappa shape index (κ1) is 16.9. The minimum absolute atomic E-state index is 0.0837. The van der Waals surface area contributed by atoms with Crippen molar-refractivity contribution in [1.82, 2.24) is 4.72 Å². The molecule has 1 unspecified atom stereocenters. The van der Waals surface area contributed by atoms with Crippen LogP contribution in [0.2, 0.25) is 0 Å². The van der Waals surface area contributed by atoms with E-state index in [9.17, 15) is 16.8 Å². The third kappa shape index (κ3) is 4.32. The number of rotatable bonds is 8. The summed E-state index contributed by atoms with van der Waals surface area (Å²) in [7, 11) is -6.84. The van der Waals surface area contributed by atoms with E-state index in [0.717, 1.165) is 12.0 Å². The van der Waals surface area contributed by atoms with Crippen molar-refractivity contribution < 1.29 is 16.8 Å². The fourth-order valence-corrected chi connectivity index (χ4v) is 5.22. The first-order chi connectivity index (χ1) is 10.7.